The van der Waals surface area contributed by atoms with Gasteiger partial charge in [0.15, 0.2) is 0 Å². The maximum absolute atomic E-state index is 13.1. The molecule has 0 radical (unpaired) electrons. The Labute approximate surface area is 140 Å². The van der Waals surface area contributed by atoms with Gasteiger partial charge in [0.1, 0.15) is 0 Å². The third-order valence-corrected chi connectivity index (χ3v) is 6.24. The number of hydrogen-bond acceptors (Lipinski definition) is 4. The van der Waals surface area contributed by atoms with Gasteiger partial charge >= 0.3 is 0 Å². The minimum atomic E-state index is -3.60. The van der Waals surface area contributed by atoms with Gasteiger partial charge in [-0.2, -0.15) is 4.31 Å². The number of sulfonamides is 1. The lowest BCUT2D eigenvalue weighted by molar-refractivity contribution is -0.115. The van der Waals surface area contributed by atoms with Crippen molar-refractivity contribution in [2.24, 2.45) is 0 Å². The smallest absolute Gasteiger partial charge is 0.243 e. The van der Waals surface area contributed by atoms with Gasteiger partial charge in [-0.15, -0.1) is 0 Å². The Morgan fingerprint density at radius 1 is 1.17 bits per heavy atom. The number of aromatic nitrogens is 1. The van der Waals surface area contributed by atoms with Crippen LogP contribution in [0, 0.1) is 0 Å². The Kier molecular flexibility index (Phi) is 3.62. The first-order valence-corrected chi connectivity index (χ1v) is 9.31. The van der Waals surface area contributed by atoms with Crippen molar-refractivity contribution in [2.45, 2.75) is 36.7 Å². The summed E-state index contributed by atoms with van der Waals surface area (Å²) in [6, 6.07) is 8.57. The van der Waals surface area contributed by atoms with Crippen LogP contribution in [-0.4, -0.2) is 29.7 Å². The molecule has 2 aliphatic rings. The van der Waals surface area contributed by atoms with E-state index in [1.165, 1.54) is 0 Å². The van der Waals surface area contributed by atoms with Gasteiger partial charge in [0.05, 0.1) is 11.3 Å². The highest BCUT2D eigenvalue weighted by Gasteiger charge is 2.38. The zero-order valence-electron chi connectivity index (χ0n) is 13.0. The summed E-state index contributed by atoms with van der Waals surface area (Å²) in [6.07, 6.45) is 5.33. The van der Waals surface area contributed by atoms with Gasteiger partial charge in [-0.05, 0) is 54.3 Å². The number of pyridine rings is 1. The molecule has 4 rings (SSSR count). The van der Waals surface area contributed by atoms with Gasteiger partial charge in [0.25, 0.3) is 0 Å². The van der Waals surface area contributed by atoms with E-state index in [1.54, 1.807) is 34.9 Å². The van der Waals surface area contributed by atoms with Crippen LogP contribution in [0.3, 0.4) is 0 Å². The van der Waals surface area contributed by atoms with E-state index in [-0.39, 0.29) is 23.3 Å². The fraction of sp³-hybridized carbons (Fsp3) is 0.294. The molecule has 0 bridgehead atoms. The zero-order valence-corrected chi connectivity index (χ0v) is 13.8. The Bertz CT molecular complexity index is 893. The number of carbonyl (C=O) groups excluding carboxylic acids is 1. The topological polar surface area (TPSA) is 79.4 Å². The molecule has 1 amide bonds. The molecule has 1 fully saturated rings. The summed E-state index contributed by atoms with van der Waals surface area (Å²) in [5, 5.41) is 2.73. The lowest BCUT2D eigenvalue weighted by Gasteiger charge is -2.22. The van der Waals surface area contributed by atoms with Gasteiger partial charge in [-0.3, -0.25) is 9.78 Å². The van der Waals surface area contributed by atoms with E-state index >= 15 is 0 Å². The summed E-state index contributed by atoms with van der Waals surface area (Å²) in [4.78, 5) is 15.7. The molecule has 2 aromatic rings. The number of nitrogens with one attached hydrogen (secondary N) is 1. The fourth-order valence-electron chi connectivity index (χ4n) is 2.94. The number of amides is 1. The summed E-state index contributed by atoms with van der Waals surface area (Å²) in [7, 11) is -3.60. The molecule has 1 N–H and O–H groups in total. The van der Waals surface area contributed by atoms with Crippen LogP contribution in [0.2, 0.25) is 0 Å². The van der Waals surface area contributed by atoms with Gasteiger partial charge in [-0.1, -0.05) is 0 Å². The molecule has 1 aromatic carbocycles. The van der Waals surface area contributed by atoms with E-state index in [2.05, 4.69) is 10.3 Å². The zero-order chi connectivity index (χ0) is 16.7. The molecule has 7 heteroatoms. The van der Waals surface area contributed by atoms with Crippen molar-refractivity contribution < 1.29 is 13.2 Å². The van der Waals surface area contributed by atoms with Gasteiger partial charge in [0.2, 0.25) is 15.9 Å². The molecule has 124 valence electrons. The van der Waals surface area contributed by atoms with E-state index in [1.807, 2.05) is 12.1 Å². The normalized spacial score (nSPS) is 17.0. The summed E-state index contributed by atoms with van der Waals surface area (Å²) in [6.45, 7) is 0.337. The molecule has 1 aliphatic heterocycles. The molecule has 0 unspecified atom stereocenters. The van der Waals surface area contributed by atoms with Crippen LogP contribution < -0.4 is 5.32 Å². The average molecular weight is 343 g/mol. The first-order chi connectivity index (χ1) is 11.5. The average Bonchev–Trinajstić information content (AvgIpc) is 3.33. The number of nitrogens with zero attached hydrogens (tertiary/aromatic N) is 2. The lowest BCUT2D eigenvalue weighted by Crippen LogP contribution is -2.32. The number of rotatable bonds is 5. The number of carbonyl (C=O) groups is 1. The molecule has 2 heterocycles. The molecule has 0 atom stereocenters. The molecule has 1 aromatic heterocycles. The Hall–Kier alpha value is -2.25. The number of anilines is 1. The lowest BCUT2D eigenvalue weighted by atomic mass is 10.2. The largest absolute Gasteiger partial charge is 0.326 e. The van der Waals surface area contributed by atoms with Crippen molar-refractivity contribution in [1.29, 1.82) is 0 Å². The Morgan fingerprint density at radius 3 is 2.62 bits per heavy atom. The number of fused-ring (bicyclic) bond motifs is 1. The molecule has 0 saturated heterocycles. The van der Waals surface area contributed by atoms with Crippen molar-refractivity contribution in [2.75, 3.05) is 5.32 Å². The first kappa shape index (κ1) is 15.3. The highest BCUT2D eigenvalue weighted by Crippen LogP contribution is 2.35. The monoisotopic (exact) mass is 343 g/mol. The molecule has 6 nitrogen and oxygen atoms in total. The number of benzene rings is 1. The van der Waals surface area contributed by atoms with Crippen molar-refractivity contribution in [3.05, 3.63) is 53.9 Å². The van der Waals surface area contributed by atoms with Crippen LogP contribution in [0.5, 0.6) is 0 Å². The van der Waals surface area contributed by atoms with Crippen molar-refractivity contribution in [1.82, 2.24) is 9.29 Å². The molecular weight excluding hydrogens is 326 g/mol. The van der Waals surface area contributed by atoms with E-state index in [0.29, 0.717) is 12.2 Å². The second kappa shape index (κ2) is 5.68. The van der Waals surface area contributed by atoms with E-state index < -0.39 is 10.0 Å². The van der Waals surface area contributed by atoms with Crippen molar-refractivity contribution in [3.8, 4) is 0 Å². The summed E-state index contributed by atoms with van der Waals surface area (Å²) in [5.41, 5.74) is 2.35. The van der Waals surface area contributed by atoms with Crippen LogP contribution >= 0.6 is 0 Å². The molecule has 0 spiro atoms. The predicted molar refractivity (Wildman–Crippen MR) is 88.8 cm³/mol. The maximum Gasteiger partial charge on any atom is 0.243 e. The van der Waals surface area contributed by atoms with E-state index in [4.69, 9.17) is 0 Å². The van der Waals surface area contributed by atoms with Gasteiger partial charge < -0.3 is 5.32 Å². The van der Waals surface area contributed by atoms with Crippen molar-refractivity contribution >= 4 is 21.6 Å². The van der Waals surface area contributed by atoms with E-state index in [9.17, 15) is 13.2 Å². The van der Waals surface area contributed by atoms with Crippen LogP contribution in [0.4, 0.5) is 5.69 Å². The molecule has 24 heavy (non-hydrogen) atoms. The summed E-state index contributed by atoms with van der Waals surface area (Å²) in [5.74, 6) is -0.101. The van der Waals surface area contributed by atoms with Crippen LogP contribution in [0.25, 0.3) is 0 Å². The third-order valence-electron chi connectivity index (χ3n) is 4.35. The Morgan fingerprint density at radius 2 is 1.92 bits per heavy atom. The highest BCUT2D eigenvalue weighted by molar-refractivity contribution is 7.89. The standard InChI is InChI=1S/C17H17N3O3S/c21-17-10-13-9-15(3-4-16(13)19-17)24(22,23)20(14-1-2-14)11-12-5-7-18-8-6-12/h3-9,14H,1-2,10-11H2,(H,19,21). The van der Waals surface area contributed by atoms with Gasteiger partial charge in [-0.25, -0.2) is 8.42 Å². The molecular formula is C17H17N3O3S. The fourth-order valence-corrected chi connectivity index (χ4v) is 4.67. The number of hydrogen-bond donors (Lipinski definition) is 1. The minimum Gasteiger partial charge on any atom is -0.326 e. The summed E-state index contributed by atoms with van der Waals surface area (Å²) < 4.78 is 27.8. The van der Waals surface area contributed by atoms with Crippen LogP contribution in [0.15, 0.2) is 47.6 Å². The first-order valence-electron chi connectivity index (χ1n) is 7.87. The highest BCUT2D eigenvalue weighted by atomic mass is 32.2. The molecule has 1 saturated carbocycles. The third kappa shape index (κ3) is 2.81. The van der Waals surface area contributed by atoms with E-state index in [0.717, 1.165) is 24.0 Å². The summed E-state index contributed by atoms with van der Waals surface area (Å²) >= 11 is 0. The predicted octanol–water partition coefficient (Wildman–Crippen LogP) is 1.93. The molecule has 1 aliphatic carbocycles. The Balaban J connectivity index is 1.67. The SMILES string of the molecule is O=C1Cc2cc(S(=O)(=O)N(Cc3ccncc3)C3CC3)ccc2N1. The quantitative estimate of drug-likeness (QED) is 0.900. The second-order valence-corrected chi connectivity index (χ2v) is 8.07. The van der Waals surface area contributed by atoms with Crippen LogP contribution in [0.1, 0.15) is 24.0 Å². The maximum atomic E-state index is 13.1. The van der Waals surface area contributed by atoms with Gasteiger partial charge in [0, 0.05) is 30.7 Å². The second-order valence-electron chi connectivity index (χ2n) is 6.18. The van der Waals surface area contributed by atoms with Crippen LogP contribution in [-0.2, 0) is 27.8 Å². The minimum absolute atomic E-state index is 0.0520. The van der Waals surface area contributed by atoms with Crippen molar-refractivity contribution in [3.63, 3.8) is 0 Å².